The van der Waals surface area contributed by atoms with E-state index in [0.29, 0.717) is 42.1 Å². The maximum Gasteiger partial charge on any atom is 0.272 e. The monoisotopic (exact) mass is 355 g/mol. The van der Waals surface area contributed by atoms with Crippen LogP contribution in [-0.2, 0) is 17.8 Å². The Morgan fingerprint density at radius 2 is 2.23 bits per heavy atom. The minimum atomic E-state index is -0.340. The molecule has 0 spiro atoms. The number of nitrogens with one attached hydrogen (secondary N) is 2. The van der Waals surface area contributed by atoms with E-state index >= 15 is 0 Å². The number of benzene rings is 2. The molecule has 7 heteroatoms. The van der Waals surface area contributed by atoms with Crippen molar-refractivity contribution < 1.29 is 18.7 Å². The van der Waals surface area contributed by atoms with E-state index < -0.39 is 0 Å². The highest BCUT2D eigenvalue weighted by atomic mass is 19.1. The molecule has 0 unspecified atom stereocenters. The van der Waals surface area contributed by atoms with Gasteiger partial charge in [0.2, 0.25) is 0 Å². The van der Waals surface area contributed by atoms with E-state index in [1.807, 2.05) is 25.1 Å². The minimum Gasteiger partial charge on any atom is -0.467 e. The Kier molecular flexibility index (Phi) is 4.30. The zero-order valence-electron chi connectivity index (χ0n) is 14.3. The fourth-order valence-electron chi connectivity index (χ4n) is 3.14. The number of carbonyl (C=O) groups excluding carboxylic acids is 1. The van der Waals surface area contributed by atoms with Gasteiger partial charge in [-0.1, -0.05) is 11.6 Å². The first-order valence-electron chi connectivity index (χ1n) is 8.36. The molecule has 4 rings (SSSR count). The van der Waals surface area contributed by atoms with Gasteiger partial charge in [-0.15, -0.1) is 0 Å². The lowest BCUT2D eigenvalue weighted by Crippen LogP contribution is -2.26. The Bertz CT molecular complexity index is 984. The van der Waals surface area contributed by atoms with E-state index in [1.54, 1.807) is 0 Å². The zero-order valence-corrected chi connectivity index (χ0v) is 14.3. The fourth-order valence-corrected chi connectivity index (χ4v) is 3.14. The van der Waals surface area contributed by atoms with Crippen molar-refractivity contribution >= 4 is 16.8 Å². The standard InChI is InChI=1S/C19H18FN3O3/c1-11-2-3-16-15(6-11)17(23-22-16)19(24)21-5-4-12-7-14(20)8-13-9-25-10-26-18(12)13/h2-3,6-8H,4-5,9-10H2,1H3,(H,21,24)(H,22,23). The van der Waals surface area contributed by atoms with Gasteiger partial charge in [0.15, 0.2) is 12.5 Å². The number of nitrogens with zero attached hydrogens (tertiary/aromatic N) is 1. The van der Waals surface area contributed by atoms with Crippen LogP contribution < -0.4 is 10.1 Å². The molecule has 6 nitrogen and oxygen atoms in total. The molecule has 0 bridgehead atoms. The molecular formula is C19H18FN3O3. The summed E-state index contributed by atoms with van der Waals surface area (Å²) in [6.07, 6.45) is 0.452. The average Bonchev–Trinajstić information content (AvgIpc) is 3.04. The van der Waals surface area contributed by atoms with E-state index in [2.05, 4.69) is 15.5 Å². The first-order chi connectivity index (χ1) is 12.6. The molecule has 0 saturated carbocycles. The molecule has 3 aromatic rings. The molecule has 26 heavy (non-hydrogen) atoms. The van der Waals surface area contributed by atoms with Gasteiger partial charge in [0, 0.05) is 17.5 Å². The average molecular weight is 355 g/mol. The van der Waals surface area contributed by atoms with Crippen LogP contribution in [0.25, 0.3) is 10.9 Å². The van der Waals surface area contributed by atoms with Crippen LogP contribution in [0.15, 0.2) is 30.3 Å². The minimum absolute atomic E-state index is 0.149. The number of hydrogen-bond donors (Lipinski definition) is 2. The van der Waals surface area contributed by atoms with Gasteiger partial charge in [0.1, 0.15) is 11.6 Å². The molecule has 1 amide bonds. The summed E-state index contributed by atoms with van der Waals surface area (Å²) < 4.78 is 24.4. The second kappa shape index (κ2) is 6.76. The second-order valence-electron chi connectivity index (χ2n) is 6.29. The number of aromatic nitrogens is 2. The van der Waals surface area contributed by atoms with Crippen LogP contribution in [0.1, 0.15) is 27.2 Å². The summed E-state index contributed by atoms with van der Waals surface area (Å²) in [5, 5.41) is 10.6. The fraction of sp³-hybridized carbons (Fsp3) is 0.263. The molecular weight excluding hydrogens is 337 g/mol. The molecule has 2 N–H and O–H groups in total. The van der Waals surface area contributed by atoms with Gasteiger partial charge < -0.3 is 14.8 Å². The second-order valence-corrected chi connectivity index (χ2v) is 6.29. The summed E-state index contributed by atoms with van der Waals surface area (Å²) in [5.74, 6) is 0.0389. The summed E-state index contributed by atoms with van der Waals surface area (Å²) in [6, 6.07) is 8.62. The highest BCUT2D eigenvalue weighted by Crippen LogP contribution is 2.29. The third kappa shape index (κ3) is 3.13. The lowest BCUT2D eigenvalue weighted by Gasteiger charge is -2.20. The maximum absolute atomic E-state index is 13.8. The highest BCUT2D eigenvalue weighted by Gasteiger charge is 2.18. The normalized spacial score (nSPS) is 13.3. The van der Waals surface area contributed by atoms with Gasteiger partial charge in [-0.25, -0.2) is 4.39 Å². The van der Waals surface area contributed by atoms with Crippen LogP contribution in [0.2, 0.25) is 0 Å². The zero-order chi connectivity index (χ0) is 18.1. The van der Waals surface area contributed by atoms with Crippen LogP contribution in [0.5, 0.6) is 5.75 Å². The Hall–Kier alpha value is -2.93. The van der Waals surface area contributed by atoms with Crippen molar-refractivity contribution in [2.45, 2.75) is 20.0 Å². The van der Waals surface area contributed by atoms with Crippen molar-refractivity contribution in [1.82, 2.24) is 15.5 Å². The predicted molar refractivity (Wildman–Crippen MR) is 93.6 cm³/mol. The number of H-pyrrole nitrogens is 1. The topological polar surface area (TPSA) is 76.2 Å². The number of hydrogen-bond acceptors (Lipinski definition) is 4. The molecule has 0 fully saturated rings. The van der Waals surface area contributed by atoms with Gasteiger partial charge in [0.05, 0.1) is 12.1 Å². The maximum atomic E-state index is 13.8. The van der Waals surface area contributed by atoms with E-state index in [0.717, 1.165) is 16.5 Å². The summed E-state index contributed by atoms with van der Waals surface area (Å²) in [7, 11) is 0. The molecule has 2 heterocycles. The first-order valence-corrected chi connectivity index (χ1v) is 8.36. The van der Waals surface area contributed by atoms with Gasteiger partial charge in [-0.2, -0.15) is 5.10 Å². The summed E-state index contributed by atoms with van der Waals surface area (Å²) >= 11 is 0. The lowest BCUT2D eigenvalue weighted by atomic mass is 10.1. The molecule has 0 atom stereocenters. The first kappa shape index (κ1) is 16.5. The largest absolute Gasteiger partial charge is 0.467 e. The third-order valence-electron chi connectivity index (χ3n) is 4.37. The Labute approximate surface area is 149 Å². The number of fused-ring (bicyclic) bond motifs is 2. The third-order valence-corrected chi connectivity index (χ3v) is 4.37. The van der Waals surface area contributed by atoms with Crippen LogP contribution in [0, 0.1) is 12.7 Å². The van der Waals surface area contributed by atoms with E-state index in [-0.39, 0.29) is 18.5 Å². The molecule has 1 aliphatic heterocycles. The van der Waals surface area contributed by atoms with Crippen LogP contribution in [-0.4, -0.2) is 29.4 Å². The van der Waals surface area contributed by atoms with Crippen molar-refractivity contribution in [3.8, 4) is 5.75 Å². The number of rotatable bonds is 4. The van der Waals surface area contributed by atoms with E-state index in [1.165, 1.54) is 12.1 Å². The SMILES string of the molecule is Cc1ccc2[nH]nc(C(=O)NCCc3cc(F)cc4c3OCOC4)c2c1. The van der Waals surface area contributed by atoms with Crippen molar-refractivity contribution in [2.24, 2.45) is 0 Å². The van der Waals surface area contributed by atoms with E-state index in [9.17, 15) is 9.18 Å². The van der Waals surface area contributed by atoms with Gasteiger partial charge >= 0.3 is 0 Å². The summed E-state index contributed by atoms with van der Waals surface area (Å²) in [6.45, 7) is 2.78. The number of amides is 1. The van der Waals surface area contributed by atoms with Gasteiger partial charge in [-0.05, 0) is 43.2 Å². The Balaban J connectivity index is 1.47. The number of halogens is 1. The molecule has 0 radical (unpaired) electrons. The van der Waals surface area contributed by atoms with Crippen LogP contribution in [0.4, 0.5) is 4.39 Å². The van der Waals surface area contributed by atoms with Crippen LogP contribution >= 0.6 is 0 Å². The van der Waals surface area contributed by atoms with Crippen molar-refractivity contribution in [1.29, 1.82) is 0 Å². The lowest BCUT2D eigenvalue weighted by molar-refractivity contribution is -0.0172. The molecule has 2 aromatic carbocycles. The quantitative estimate of drug-likeness (QED) is 0.755. The molecule has 1 aromatic heterocycles. The summed E-state index contributed by atoms with van der Waals surface area (Å²) in [4.78, 5) is 12.5. The molecule has 0 aliphatic carbocycles. The Morgan fingerprint density at radius 3 is 3.12 bits per heavy atom. The smallest absolute Gasteiger partial charge is 0.272 e. The summed E-state index contributed by atoms with van der Waals surface area (Å²) in [5.41, 5.74) is 3.62. The predicted octanol–water partition coefficient (Wildman–Crippen LogP) is 2.85. The van der Waals surface area contributed by atoms with Gasteiger partial charge in [-0.3, -0.25) is 9.89 Å². The number of ether oxygens (including phenoxy) is 2. The number of carbonyl (C=O) groups is 1. The number of aromatic amines is 1. The Morgan fingerprint density at radius 1 is 1.35 bits per heavy atom. The molecule has 1 aliphatic rings. The van der Waals surface area contributed by atoms with E-state index in [4.69, 9.17) is 9.47 Å². The van der Waals surface area contributed by atoms with Gasteiger partial charge in [0.25, 0.3) is 5.91 Å². The van der Waals surface area contributed by atoms with Crippen LogP contribution in [0.3, 0.4) is 0 Å². The van der Waals surface area contributed by atoms with Crippen molar-refractivity contribution in [2.75, 3.05) is 13.3 Å². The number of aryl methyl sites for hydroxylation is 1. The van der Waals surface area contributed by atoms with Crippen molar-refractivity contribution in [3.05, 3.63) is 58.5 Å². The van der Waals surface area contributed by atoms with Crippen molar-refractivity contribution in [3.63, 3.8) is 0 Å². The molecule has 0 saturated heterocycles. The highest BCUT2D eigenvalue weighted by molar-refractivity contribution is 6.04. The molecule has 134 valence electrons.